The second-order valence-electron chi connectivity index (χ2n) is 6.37. The Labute approximate surface area is 159 Å². The van der Waals surface area contributed by atoms with Gasteiger partial charge in [0.25, 0.3) is 5.91 Å². The Hall–Kier alpha value is -3.58. The molecule has 1 heterocycles. The van der Waals surface area contributed by atoms with Crippen LogP contribution >= 0.6 is 0 Å². The van der Waals surface area contributed by atoms with Gasteiger partial charge in [0.05, 0.1) is 6.04 Å². The molecule has 0 fully saturated rings. The van der Waals surface area contributed by atoms with Gasteiger partial charge in [-0.1, -0.05) is 48.5 Å². The van der Waals surface area contributed by atoms with Crippen molar-refractivity contribution in [3.05, 3.63) is 95.3 Å². The first-order chi connectivity index (χ1) is 13.1. The zero-order valence-corrected chi connectivity index (χ0v) is 15.4. The number of nitrogens with one attached hydrogen (secondary N) is 1. The second-order valence-corrected chi connectivity index (χ2v) is 6.37. The van der Waals surface area contributed by atoms with Crippen LogP contribution in [0.15, 0.2) is 78.5 Å². The summed E-state index contributed by atoms with van der Waals surface area (Å²) in [5, 5.41) is 12.4. The van der Waals surface area contributed by atoms with Crippen LogP contribution in [0.2, 0.25) is 0 Å². The SMILES string of the molecule is Cc1ccccc1-n1cccc1/C=C(/C#N)C(=O)N[C@@H](C)c1ccccc1. The Kier molecular flexibility index (Phi) is 5.53. The van der Waals surface area contributed by atoms with Gasteiger partial charge in [-0.15, -0.1) is 0 Å². The van der Waals surface area contributed by atoms with Crippen LogP contribution in [-0.4, -0.2) is 10.5 Å². The number of nitriles is 1. The van der Waals surface area contributed by atoms with E-state index in [0.717, 1.165) is 22.5 Å². The first-order valence-corrected chi connectivity index (χ1v) is 8.81. The van der Waals surface area contributed by atoms with Crippen LogP contribution in [0.4, 0.5) is 0 Å². The molecule has 0 aliphatic carbocycles. The molecule has 0 aliphatic heterocycles. The van der Waals surface area contributed by atoms with Crippen molar-refractivity contribution in [1.29, 1.82) is 5.26 Å². The molecule has 134 valence electrons. The maximum absolute atomic E-state index is 12.6. The molecule has 0 bridgehead atoms. The molecule has 1 amide bonds. The number of nitrogens with zero attached hydrogens (tertiary/aromatic N) is 2. The van der Waals surface area contributed by atoms with Gasteiger partial charge in [-0.25, -0.2) is 0 Å². The minimum Gasteiger partial charge on any atom is -0.345 e. The summed E-state index contributed by atoms with van der Waals surface area (Å²) in [6, 6.07) is 23.3. The third-order valence-corrected chi connectivity index (χ3v) is 4.46. The van der Waals surface area contributed by atoms with E-state index in [1.807, 2.05) is 97.4 Å². The van der Waals surface area contributed by atoms with Gasteiger partial charge in [0, 0.05) is 17.6 Å². The summed E-state index contributed by atoms with van der Waals surface area (Å²) in [6.45, 7) is 3.93. The van der Waals surface area contributed by atoms with E-state index in [9.17, 15) is 10.1 Å². The lowest BCUT2D eigenvalue weighted by Crippen LogP contribution is -2.27. The minimum atomic E-state index is -0.383. The zero-order chi connectivity index (χ0) is 19.2. The number of rotatable bonds is 5. The number of amides is 1. The van der Waals surface area contributed by atoms with Gasteiger partial charge in [0.1, 0.15) is 11.6 Å². The standard InChI is InChI=1S/C23H21N3O/c1-17-9-6-7-13-22(17)26-14-8-12-21(26)15-20(16-24)23(27)25-18(2)19-10-4-3-5-11-19/h3-15,18H,1-2H3,(H,25,27)/b20-15-/t18-/m0/s1. The number of hydrogen-bond donors (Lipinski definition) is 1. The number of carbonyl (C=O) groups excluding carboxylic acids is 1. The van der Waals surface area contributed by atoms with E-state index >= 15 is 0 Å². The zero-order valence-electron chi connectivity index (χ0n) is 15.4. The Morgan fingerprint density at radius 1 is 1.07 bits per heavy atom. The molecule has 0 radical (unpaired) electrons. The molecule has 2 aromatic carbocycles. The van der Waals surface area contributed by atoms with E-state index in [0.29, 0.717) is 0 Å². The Morgan fingerprint density at radius 3 is 2.48 bits per heavy atom. The van der Waals surface area contributed by atoms with E-state index < -0.39 is 0 Å². The predicted molar refractivity (Wildman–Crippen MR) is 107 cm³/mol. The summed E-state index contributed by atoms with van der Waals surface area (Å²) >= 11 is 0. The normalized spacial score (nSPS) is 12.3. The Balaban J connectivity index is 1.86. The fraction of sp³-hybridized carbons (Fsp3) is 0.130. The Morgan fingerprint density at radius 2 is 1.78 bits per heavy atom. The molecule has 0 spiro atoms. The maximum Gasteiger partial charge on any atom is 0.262 e. The van der Waals surface area contributed by atoms with Crippen molar-refractivity contribution < 1.29 is 4.79 Å². The van der Waals surface area contributed by atoms with Crippen molar-refractivity contribution in [2.24, 2.45) is 0 Å². The van der Waals surface area contributed by atoms with Crippen molar-refractivity contribution in [3.63, 3.8) is 0 Å². The molecule has 0 saturated heterocycles. The highest BCUT2D eigenvalue weighted by molar-refractivity contribution is 6.01. The molecule has 0 aliphatic rings. The van der Waals surface area contributed by atoms with E-state index in [-0.39, 0.29) is 17.5 Å². The third-order valence-electron chi connectivity index (χ3n) is 4.46. The number of hydrogen-bond acceptors (Lipinski definition) is 2. The molecule has 27 heavy (non-hydrogen) atoms. The largest absolute Gasteiger partial charge is 0.345 e. The van der Waals surface area contributed by atoms with Gasteiger partial charge in [0.15, 0.2) is 0 Å². The monoisotopic (exact) mass is 355 g/mol. The highest BCUT2D eigenvalue weighted by Gasteiger charge is 2.15. The number of aryl methyl sites for hydroxylation is 1. The average Bonchev–Trinajstić information content (AvgIpc) is 3.15. The lowest BCUT2D eigenvalue weighted by atomic mass is 10.1. The van der Waals surface area contributed by atoms with Crippen molar-refractivity contribution >= 4 is 12.0 Å². The molecule has 1 atom stereocenters. The number of benzene rings is 2. The number of para-hydroxylation sites is 1. The minimum absolute atomic E-state index is 0.0753. The molecular weight excluding hydrogens is 334 g/mol. The summed E-state index contributed by atoms with van der Waals surface area (Å²) in [4.78, 5) is 12.6. The summed E-state index contributed by atoms with van der Waals surface area (Å²) < 4.78 is 1.97. The lowest BCUT2D eigenvalue weighted by molar-refractivity contribution is -0.117. The molecule has 4 nitrogen and oxygen atoms in total. The smallest absolute Gasteiger partial charge is 0.262 e. The van der Waals surface area contributed by atoms with E-state index in [4.69, 9.17) is 0 Å². The van der Waals surface area contributed by atoms with Gasteiger partial charge in [-0.2, -0.15) is 5.26 Å². The fourth-order valence-corrected chi connectivity index (χ4v) is 2.96. The van der Waals surface area contributed by atoms with Crippen LogP contribution in [0, 0.1) is 18.3 Å². The van der Waals surface area contributed by atoms with Crippen molar-refractivity contribution in [2.45, 2.75) is 19.9 Å². The van der Waals surface area contributed by atoms with Gasteiger partial charge in [-0.05, 0) is 49.2 Å². The average molecular weight is 355 g/mol. The first kappa shape index (κ1) is 18.2. The van der Waals surface area contributed by atoms with E-state index in [1.54, 1.807) is 6.08 Å². The summed E-state index contributed by atoms with van der Waals surface area (Å²) in [5.41, 5.74) is 3.98. The van der Waals surface area contributed by atoms with Crippen LogP contribution in [0.3, 0.4) is 0 Å². The highest BCUT2D eigenvalue weighted by atomic mass is 16.1. The lowest BCUT2D eigenvalue weighted by Gasteiger charge is -2.14. The topological polar surface area (TPSA) is 57.8 Å². The Bertz CT molecular complexity index is 1010. The summed E-state index contributed by atoms with van der Waals surface area (Å²) in [5.74, 6) is -0.383. The fourth-order valence-electron chi connectivity index (χ4n) is 2.96. The molecule has 4 heteroatoms. The van der Waals surface area contributed by atoms with Crippen molar-refractivity contribution in [1.82, 2.24) is 9.88 Å². The van der Waals surface area contributed by atoms with Crippen molar-refractivity contribution in [3.8, 4) is 11.8 Å². The highest BCUT2D eigenvalue weighted by Crippen LogP contribution is 2.19. The van der Waals surface area contributed by atoms with Crippen LogP contribution in [-0.2, 0) is 4.79 Å². The molecule has 0 unspecified atom stereocenters. The van der Waals surface area contributed by atoms with Crippen LogP contribution < -0.4 is 5.32 Å². The third kappa shape index (κ3) is 4.16. The van der Waals surface area contributed by atoms with Crippen LogP contribution in [0.5, 0.6) is 0 Å². The van der Waals surface area contributed by atoms with Gasteiger partial charge in [-0.3, -0.25) is 4.79 Å². The van der Waals surface area contributed by atoms with Crippen LogP contribution in [0.25, 0.3) is 11.8 Å². The molecule has 3 rings (SSSR count). The molecular formula is C23H21N3O. The van der Waals surface area contributed by atoms with Crippen molar-refractivity contribution in [2.75, 3.05) is 0 Å². The summed E-state index contributed by atoms with van der Waals surface area (Å²) in [7, 11) is 0. The second kappa shape index (κ2) is 8.20. The van der Waals surface area contributed by atoms with Gasteiger partial charge >= 0.3 is 0 Å². The summed E-state index contributed by atoms with van der Waals surface area (Å²) in [6.07, 6.45) is 3.55. The molecule has 3 aromatic rings. The quantitative estimate of drug-likeness (QED) is 0.538. The number of aromatic nitrogens is 1. The van der Waals surface area contributed by atoms with E-state index in [1.165, 1.54) is 0 Å². The predicted octanol–water partition coefficient (Wildman–Crippen LogP) is 4.57. The van der Waals surface area contributed by atoms with Crippen LogP contribution in [0.1, 0.15) is 29.8 Å². The first-order valence-electron chi connectivity index (χ1n) is 8.81. The van der Waals surface area contributed by atoms with E-state index in [2.05, 4.69) is 5.32 Å². The molecule has 1 aromatic heterocycles. The number of carbonyl (C=O) groups is 1. The van der Waals surface area contributed by atoms with Gasteiger partial charge in [0.2, 0.25) is 0 Å². The molecule has 0 saturated carbocycles. The molecule has 1 N–H and O–H groups in total. The maximum atomic E-state index is 12.6. The van der Waals surface area contributed by atoms with Gasteiger partial charge < -0.3 is 9.88 Å².